The third-order valence-electron chi connectivity index (χ3n) is 2.93. The molecular weight excluding hydrogens is 238 g/mol. The molecule has 2 N–H and O–H groups in total. The molecule has 1 amide bonds. The van der Waals surface area contributed by atoms with Gasteiger partial charge in [-0.25, -0.2) is 0 Å². The van der Waals surface area contributed by atoms with E-state index in [1.807, 2.05) is 30.3 Å². The normalized spacial score (nSPS) is 10.5. The van der Waals surface area contributed by atoms with E-state index in [4.69, 9.17) is 5.73 Å². The van der Waals surface area contributed by atoms with Crippen molar-refractivity contribution in [2.75, 3.05) is 0 Å². The van der Waals surface area contributed by atoms with Crippen LogP contribution in [0.1, 0.15) is 10.4 Å². The highest BCUT2D eigenvalue weighted by Crippen LogP contribution is 2.20. The molecule has 4 heteroatoms. The van der Waals surface area contributed by atoms with Crippen LogP contribution in [0.15, 0.2) is 54.9 Å². The van der Waals surface area contributed by atoms with Gasteiger partial charge in [0.15, 0.2) is 0 Å². The molecule has 2 heterocycles. The van der Waals surface area contributed by atoms with Gasteiger partial charge in [0.1, 0.15) is 0 Å². The maximum Gasteiger partial charge on any atom is 0.250 e. The van der Waals surface area contributed by atoms with Crippen LogP contribution in [0.3, 0.4) is 0 Å². The van der Waals surface area contributed by atoms with Gasteiger partial charge in [-0.3, -0.25) is 14.8 Å². The minimum atomic E-state index is -0.476. The summed E-state index contributed by atoms with van der Waals surface area (Å²) in [7, 11) is 0. The predicted molar refractivity (Wildman–Crippen MR) is 73.5 cm³/mol. The van der Waals surface area contributed by atoms with Gasteiger partial charge in [-0.05, 0) is 24.3 Å². The molecule has 0 unspecified atom stereocenters. The summed E-state index contributed by atoms with van der Waals surface area (Å²) in [5, 5.41) is 1.06. The zero-order valence-corrected chi connectivity index (χ0v) is 10.1. The highest BCUT2D eigenvalue weighted by Gasteiger charge is 2.04. The number of fused-ring (bicyclic) bond motifs is 1. The molecule has 3 rings (SSSR count). The molecule has 0 radical (unpaired) electrons. The monoisotopic (exact) mass is 249 g/mol. The number of nitrogens with two attached hydrogens (primary N) is 1. The van der Waals surface area contributed by atoms with Gasteiger partial charge < -0.3 is 5.73 Å². The third kappa shape index (κ3) is 2.15. The molecule has 3 aromatic rings. The average molecular weight is 249 g/mol. The smallest absolute Gasteiger partial charge is 0.250 e. The molecule has 2 aromatic heterocycles. The van der Waals surface area contributed by atoms with Crippen LogP contribution in [0.4, 0.5) is 0 Å². The molecule has 19 heavy (non-hydrogen) atoms. The van der Waals surface area contributed by atoms with Crippen LogP contribution in [-0.4, -0.2) is 15.9 Å². The number of carbonyl (C=O) groups is 1. The van der Waals surface area contributed by atoms with Crippen LogP contribution in [0.2, 0.25) is 0 Å². The van der Waals surface area contributed by atoms with Gasteiger partial charge >= 0.3 is 0 Å². The van der Waals surface area contributed by atoms with E-state index in [2.05, 4.69) is 9.97 Å². The zero-order valence-electron chi connectivity index (χ0n) is 10.1. The molecule has 0 fully saturated rings. The summed E-state index contributed by atoms with van der Waals surface area (Å²) < 4.78 is 0. The molecule has 92 valence electrons. The number of aromatic nitrogens is 2. The number of carbonyl (C=O) groups excluding carboxylic acids is 1. The van der Waals surface area contributed by atoms with Crippen LogP contribution in [0, 0.1) is 0 Å². The van der Waals surface area contributed by atoms with Crippen LogP contribution in [0.5, 0.6) is 0 Å². The highest BCUT2D eigenvalue weighted by molar-refractivity contribution is 5.92. The molecule has 0 saturated carbocycles. The van der Waals surface area contributed by atoms with Gasteiger partial charge in [-0.15, -0.1) is 0 Å². The lowest BCUT2D eigenvalue weighted by atomic mass is 10.1. The fourth-order valence-corrected chi connectivity index (χ4v) is 1.92. The van der Waals surface area contributed by atoms with Crippen molar-refractivity contribution in [3.05, 3.63) is 60.4 Å². The summed E-state index contributed by atoms with van der Waals surface area (Å²) in [6.45, 7) is 0. The molecule has 0 spiro atoms. The van der Waals surface area contributed by atoms with Crippen molar-refractivity contribution >= 4 is 16.8 Å². The first kappa shape index (κ1) is 11.3. The van der Waals surface area contributed by atoms with Crippen LogP contribution in [-0.2, 0) is 0 Å². The fraction of sp³-hybridized carbons (Fsp3) is 0. The van der Waals surface area contributed by atoms with E-state index in [1.54, 1.807) is 18.3 Å². The standard InChI is InChI=1S/C15H11N3O/c16-15(19)11-5-6-14(17-8-11)12-7-10-3-1-2-4-13(10)18-9-12/h1-9H,(H2,16,19). The summed E-state index contributed by atoms with van der Waals surface area (Å²) in [4.78, 5) is 19.6. The van der Waals surface area contributed by atoms with Gasteiger partial charge in [0.25, 0.3) is 0 Å². The predicted octanol–water partition coefficient (Wildman–Crippen LogP) is 2.40. The van der Waals surface area contributed by atoms with Crippen molar-refractivity contribution in [2.24, 2.45) is 5.73 Å². The molecule has 0 aliphatic carbocycles. The molecule has 0 aliphatic rings. The average Bonchev–Trinajstić information content (AvgIpc) is 2.47. The first-order valence-electron chi connectivity index (χ1n) is 5.85. The number of nitrogens with zero attached hydrogens (tertiary/aromatic N) is 2. The Morgan fingerprint density at radius 3 is 2.58 bits per heavy atom. The van der Waals surface area contributed by atoms with Crippen molar-refractivity contribution in [1.29, 1.82) is 0 Å². The van der Waals surface area contributed by atoms with E-state index in [1.165, 1.54) is 6.20 Å². The van der Waals surface area contributed by atoms with Crippen LogP contribution >= 0.6 is 0 Å². The van der Waals surface area contributed by atoms with E-state index in [-0.39, 0.29) is 0 Å². The van der Waals surface area contributed by atoms with Crippen molar-refractivity contribution < 1.29 is 4.79 Å². The van der Waals surface area contributed by atoms with Crippen molar-refractivity contribution in [2.45, 2.75) is 0 Å². The zero-order chi connectivity index (χ0) is 13.2. The number of benzene rings is 1. The lowest BCUT2D eigenvalue weighted by Crippen LogP contribution is -2.10. The maximum absolute atomic E-state index is 11.0. The highest BCUT2D eigenvalue weighted by atomic mass is 16.1. The number of rotatable bonds is 2. The number of hydrogen-bond acceptors (Lipinski definition) is 3. The van der Waals surface area contributed by atoms with Gasteiger partial charge in [0, 0.05) is 23.3 Å². The van der Waals surface area contributed by atoms with Crippen molar-refractivity contribution in [3.63, 3.8) is 0 Å². The van der Waals surface area contributed by atoms with Crippen LogP contribution in [0.25, 0.3) is 22.2 Å². The Balaban J connectivity index is 2.06. The van der Waals surface area contributed by atoms with Crippen molar-refractivity contribution in [3.8, 4) is 11.3 Å². The Hall–Kier alpha value is -2.75. The summed E-state index contributed by atoms with van der Waals surface area (Å²) >= 11 is 0. The fourth-order valence-electron chi connectivity index (χ4n) is 1.92. The quantitative estimate of drug-likeness (QED) is 0.758. The lowest BCUT2D eigenvalue weighted by molar-refractivity contribution is 0.1000. The maximum atomic E-state index is 11.0. The molecule has 0 bridgehead atoms. The minimum Gasteiger partial charge on any atom is -0.366 e. The summed E-state index contributed by atoms with van der Waals surface area (Å²) in [5.74, 6) is -0.476. The number of para-hydroxylation sites is 1. The van der Waals surface area contributed by atoms with E-state index in [0.717, 1.165) is 22.2 Å². The Labute approximate surface area is 109 Å². The number of pyridine rings is 2. The van der Waals surface area contributed by atoms with E-state index < -0.39 is 5.91 Å². The third-order valence-corrected chi connectivity index (χ3v) is 2.93. The SMILES string of the molecule is NC(=O)c1ccc(-c2cnc3ccccc3c2)nc1. The van der Waals surface area contributed by atoms with E-state index >= 15 is 0 Å². The molecule has 4 nitrogen and oxygen atoms in total. The van der Waals surface area contributed by atoms with Crippen molar-refractivity contribution in [1.82, 2.24) is 9.97 Å². The Morgan fingerprint density at radius 2 is 1.84 bits per heavy atom. The van der Waals surface area contributed by atoms with Gasteiger partial charge in [-0.2, -0.15) is 0 Å². The van der Waals surface area contributed by atoms with E-state index in [0.29, 0.717) is 5.56 Å². The topological polar surface area (TPSA) is 68.9 Å². The minimum absolute atomic E-state index is 0.400. The van der Waals surface area contributed by atoms with Gasteiger partial charge in [-0.1, -0.05) is 18.2 Å². The summed E-state index contributed by atoms with van der Waals surface area (Å²) in [6.07, 6.45) is 3.25. The second-order valence-electron chi connectivity index (χ2n) is 4.21. The Bertz CT molecular complexity index is 751. The lowest BCUT2D eigenvalue weighted by Gasteiger charge is -2.03. The first-order chi connectivity index (χ1) is 9.24. The van der Waals surface area contributed by atoms with Gasteiger partial charge in [0.2, 0.25) is 5.91 Å². The number of amides is 1. The first-order valence-corrected chi connectivity index (χ1v) is 5.85. The molecule has 0 aliphatic heterocycles. The molecular formula is C15H11N3O. The van der Waals surface area contributed by atoms with Crippen LogP contribution < -0.4 is 5.73 Å². The number of hydrogen-bond donors (Lipinski definition) is 1. The summed E-state index contributed by atoms with van der Waals surface area (Å²) in [6, 6.07) is 13.3. The molecule has 0 saturated heterocycles. The van der Waals surface area contributed by atoms with E-state index in [9.17, 15) is 4.79 Å². The Kier molecular flexibility index (Phi) is 2.68. The molecule has 1 aromatic carbocycles. The second-order valence-corrected chi connectivity index (χ2v) is 4.21. The Morgan fingerprint density at radius 1 is 1.00 bits per heavy atom. The van der Waals surface area contributed by atoms with Gasteiger partial charge in [0.05, 0.1) is 16.8 Å². The number of primary amides is 1. The second kappa shape index (κ2) is 4.49. The summed E-state index contributed by atoms with van der Waals surface area (Å²) in [5.41, 5.74) is 8.21. The molecule has 0 atom stereocenters. The largest absolute Gasteiger partial charge is 0.366 e.